The predicted molar refractivity (Wildman–Crippen MR) is 51.4 cm³/mol. The third kappa shape index (κ3) is 9.63. The Hall–Kier alpha value is -0.370. The van der Waals surface area contributed by atoms with Crippen LogP contribution in [0.1, 0.15) is 32.6 Å². The molecule has 0 unspecified atom stereocenters. The van der Waals surface area contributed by atoms with E-state index in [1.165, 1.54) is 25.8 Å². The smallest absolute Gasteiger partial charge is 0.0273 e. The van der Waals surface area contributed by atoms with Crippen LogP contribution in [0.2, 0.25) is 0 Å². The van der Waals surface area contributed by atoms with Crippen molar-refractivity contribution in [2.24, 2.45) is 4.99 Å². The van der Waals surface area contributed by atoms with E-state index in [-0.39, 0.29) is 0 Å². The number of nitrogens with one attached hydrogen (secondary N) is 1. The molecule has 0 aromatic heterocycles. The maximum atomic E-state index is 3.92. The van der Waals surface area contributed by atoms with Crippen LogP contribution in [0, 0.1) is 0 Å². The molecule has 1 N–H and O–H groups in total. The minimum absolute atomic E-state index is 1.11. The zero-order valence-corrected chi connectivity index (χ0v) is 7.77. The molecule has 0 rings (SSSR count). The molecule has 0 heterocycles. The Morgan fingerprint density at radius 2 is 2.00 bits per heavy atom. The molecule has 0 aliphatic rings. The molecule has 0 aromatic carbocycles. The van der Waals surface area contributed by atoms with Crippen LogP contribution in [0.25, 0.3) is 0 Å². The molecule has 11 heavy (non-hydrogen) atoms. The Morgan fingerprint density at radius 1 is 1.27 bits per heavy atom. The first kappa shape index (κ1) is 10.6. The quantitative estimate of drug-likeness (QED) is 0.441. The van der Waals surface area contributed by atoms with E-state index in [0.717, 1.165) is 13.0 Å². The van der Waals surface area contributed by atoms with Gasteiger partial charge < -0.3 is 10.3 Å². The highest BCUT2D eigenvalue weighted by Gasteiger charge is 1.85. The van der Waals surface area contributed by atoms with E-state index in [0.29, 0.717) is 0 Å². The summed E-state index contributed by atoms with van der Waals surface area (Å²) < 4.78 is 0. The number of unbranched alkanes of at least 4 members (excludes halogenated alkanes) is 2. The summed E-state index contributed by atoms with van der Waals surface area (Å²) in [7, 11) is 1.82. The molecular formula is C9H20N2. The lowest BCUT2D eigenvalue weighted by atomic mass is 10.3. The fourth-order valence-electron chi connectivity index (χ4n) is 0.874. The third-order valence-electron chi connectivity index (χ3n) is 1.58. The Balaban J connectivity index is 2.79. The lowest BCUT2D eigenvalue weighted by Crippen LogP contribution is -2.16. The number of rotatable bonds is 7. The van der Waals surface area contributed by atoms with Crippen molar-refractivity contribution in [2.75, 3.05) is 20.1 Å². The van der Waals surface area contributed by atoms with E-state index in [9.17, 15) is 0 Å². The minimum Gasteiger partial charge on any atom is -0.317 e. The molecule has 0 fully saturated rings. The molecule has 2 heteroatoms. The maximum absolute atomic E-state index is 3.92. The van der Waals surface area contributed by atoms with Gasteiger partial charge in [-0.3, -0.25) is 0 Å². The van der Waals surface area contributed by atoms with Crippen molar-refractivity contribution in [3.8, 4) is 0 Å². The molecule has 0 spiro atoms. The molecule has 0 radical (unpaired) electrons. The molecule has 0 aliphatic carbocycles. The standard InChI is InChI=1S/C9H20N2/c1-3-4-8-11-9-6-5-7-10-2/h7,11H,3-6,8-9H2,1-2H3. The van der Waals surface area contributed by atoms with Gasteiger partial charge in [-0.25, -0.2) is 0 Å². The number of aliphatic imine (C=N–C) groups is 1. The first-order chi connectivity index (χ1) is 5.41. The molecule has 0 atom stereocenters. The van der Waals surface area contributed by atoms with E-state index in [1.807, 2.05) is 13.3 Å². The molecule has 0 aliphatic heterocycles. The fraction of sp³-hybridized carbons (Fsp3) is 0.889. The van der Waals surface area contributed by atoms with Crippen LogP contribution in [0.5, 0.6) is 0 Å². The largest absolute Gasteiger partial charge is 0.317 e. The van der Waals surface area contributed by atoms with E-state index in [2.05, 4.69) is 17.2 Å². The third-order valence-corrected chi connectivity index (χ3v) is 1.58. The Morgan fingerprint density at radius 3 is 2.64 bits per heavy atom. The SMILES string of the molecule is CCCCNCCCC=NC. The summed E-state index contributed by atoms with van der Waals surface area (Å²) in [6.45, 7) is 4.51. The number of nitrogens with zero attached hydrogens (tertiary/aromatic N) is 1. The summed E-state index contributed by atoms with van der Waals surface area (Å²) in [6, 6.07) is 0. The van der Waals surface area contributed by atoms with Crippen LogP contribution in [0.3, 0.4) is 0 Å². The van der Waals surface area contributed by atoms with Crippen molar-refractivity contribution in [1.82, 2.24) is 5.32 Å². The summed E-state index contributed by atoms with van der Waals surface area (Å²) in [5.74, 6) is 0. The summed E-state index contributed by atoms with van der Waals surface area (Å²) in [5.41, 5.74) is 0. The molecule has 0 aromatic rings. The van der Waals surface area contributed by atoms with E-state index in [4.69, 9.17) is 0 Å². The van der Waals surface area contributed by atoms with Crippen molar-refractivity contribution < 1.29 is 0 Å². The second kappa shape index (κ2) is 9.63. The number of hydrogen-bond acceptors (Lipinski definition) is 2. The predicted octanol–water partition coefficient (Wildman–Crippen LogP) is 1.86. The Kier molecular flexibility index (Phi) is 9.31. The lowest BCUT2D eigenvalue weighted by molar-refractivity contribution is 0.625. The van der Waals surface area contributed by atoms with Crippen molar-refractivity contribution in [2.45, 2.75) is 32.6 Å². The van der Waals surface area contributed by atoms with Gasteiger partial charge in [0.2, 0.25) is 0 Å². The van der Waals surface area contributed by atoms with E-state index < -0.39 is 0 Å². The average Bonchev–Trinajstić information content (AvgIpc) is 2.03. The van der Waals surface area contributed by atoms with E-state index in [1.54, 1.807) is 0 Å². The summed E-state index contributed by atoms with van der Waals surface area (Å²) in [6.07, 6.45) is 6.86. The molecule has 0 saturated carbocycles. The summed E-state index contributed by atoms with van der Waals surface area (Å²) in [5, 5.41) is 3.38. The molecule has 0 amide bonds. The van der Waals surface area contributed by atoms with Gasteiger partial charge in [-0.1, -0.05) is 13.3 Å². The number of hydrogen-bond donors (Lipinski definition) is 1. The van der Waals surface area contributed by atoms with Crippen molar-refractivity contribution in [1.29, 1.82) is 0 Å². The van der Waals surface area contributed by atoms with Gasteiger partial charge >= 0.3 is 0 Å². The Labute approximate surface area is 70.1 Å². The molecular weight excluding hydrogens is 136 g/mol. The van der Waals surface area contributed by atoms with Gasteiger partial charge in [-0.05, 0) is 38.6 Å². The average molecular weight is 156 g/mol. The van der Waals surface area contributed by atoms with Crippen LogP contribution in [0.4, 0.5) is 0 Å². The summed E-state index contributed by atoms with van der Waals surface area (Å²) in [4.78, 5) is 3.92. The maximum Gasteiger partial charge on any atom is 0.0273 e. The summed E-state index contributed by atoms with van der Waals surface area (Å²) >= 11 is 0. The molecule has 66 valence electrons. The minimum atomic E-state index is 1.11. The first-order valence-electron chi connectivity index (χ1n) is 4.53. The Bertz CT molecular complexity index is 89.6. The van der Waals surface area contributed by atoms with Gasteiger partial charge in [-0.2, -0.15) is 0 Å². The van der Waals surface area contributed by atoms with Gasteiger partial charge in [0, 0.05) is 7.05 Å². The second-order valence-corrected chi connectivity index (χ2v) is 2.69. The highest BCUT2D eigenvalue weighted by molar-refractivity contribution is 5.56. The normalized spacial score (nSPS) is 11.1. The highest BCUT2D eigenvalue weighted by atomic mass is 14.8. The van der Waals surface area contributed by atoms with Gasteiger partial charge in [0.15, 0.2) is 0 Å². The molecule has 0 saturated heterocycles. The van der Waals surface area contributed by atoms with Crippen LogP contribution >= 0.6 is 0 Å². The van der Waals surface area contributed by atoms with Gasteiger partial charge in [0.25, 0.3) is 0 Å². The van der Waals surface area contributed by atoms with Gasteiger partial charge in [0.05, 0.1) is 0 Å². The monoisotopic (exact) mass is 156 g/mol. The van der Waals surface area contributed by atoms with E-state index >= 15 is 0 Å². The van der Waals surface area contributed by atoms with Gasteiger partial charge in [-0.15, -0.1) is 0 Å². The first-order valence-corrected chi connectivity index (χ1v) is 4.53. The molecule has 0 bridgehead atoms. The van der Waals surface area contributed by atoms with Crippen LogP contribution < -0.4 is 5.32 Å². The second-order valence-electron chi connectivity index (χ2n) is 2.69. The zero-order chi connectivity index (χ0) is 8.36. The van der Waals surface area contributed by atoms with Crippen molar-refractivity contribution in [3.63, 3.8) is 0 Å². The zero-order valence-electron chi connectivity index (χ0n) is 7.77. The molecule has 2 nitrogen and oxygen atoms in total. The van der Waals surface area contributed by atoms with Crippen molar-refractivity contribution in [3.05, 3.63) is 0 Å². The highest BCUT2D eigenvalue weighted by Crippen LogP contribution is 1.85. The topological polar surface area (TPSA) is 24.4 Å². The van der Waals surface area contributed by atoms with Crippen molar-refractivity contribution >= 4 is 6.21 Å². The lowest BCUT2D eigenvalue weighted by Gasteiger charge is -2.00. The van der Waals surface area contributed by atoms with Crippen LogP contribution in [-0.4, -0.2) is 26.4 Å². The fourth-order valence-corrected chi connectivity index (χ4v) is 0.874. The van der Waals surface area contributed by atoms with Crippen LogP contribution in [0.15, 0.2) is 4.99 Å². The van der Waals surface area contributed by atoms with Crippen LogP contribution in [-0.2, 0) is 0 Å². The van der Waals surface area contributed by atoms with Gasteiger partial charge in [0.1, 0.15) is 0 Å².